The van der Waals surface area contributed by atoms with Crippen molar-refractivity contribution in [2.45, 2.75) is 57.8 Å². The molecule has 3 atom stereocenters. The van der Waals surface area contributed by atoms with Gasteiger partial charge in [-0.05, 0) is 51.8 Å². The van der Waals surface area contributed by atoms with Crippen molar-refractivity contribution in [2.75, 3.05) is 18.8 Å². The molecule has 0 bridgehead atoms. The van der Waals surface area contributed by atoms with E-state index in [1.54, 1.807) is 13.8 Å². The van der Waals surface area contributed by atoms with Gasteiger partial charge in [0.1, 0.15) is 23.1 Å². The molecule has 0 aromatic heterocycles. The zero-order valence-corrected chi connectivity index (χ0v) is 15.7. The quantitative estimate of drug-likeness (QED) is 0.239. The van der Waals surface area contributed by atoms with E-state index in [0.717, 1.165) is 19.3 Å². The number of anilines is 1. The van der Waals surface area contributed by atoms with Crippen molar-refractivity contribution in [1.29, 1.82) is 0 Å². The molecule has 0 saturated carbocycles. The van der Waals surface area contributed by atoms with Crippen LogP contribution in [0, 0.1) is 16.0 Å². The first-order valence-electron chi connectivity index (χ1n) is 9.05. The maximum absolute atomic E-state index is 11.1. The topological polar surface area (TPSA) is 137 Å². The van der Waals surface area contributed by atoms with Gasteiger partial charge < -0.3 is 26.6 Å². The number of nitro groups is 1. The van der Waals surface area contributed by atoms with E-state index in [1.165, 1.54) is 12.1 Å². The van der Waals surface area contributed by atoms with Gasteiger partial charge in [-0.1, -0.05) is 13.3 Å². The molecule has 1 aromatic carbocycles. The highest BCUT2D eigenvalue weighted by Gasteiger charge is 2.43. The molecule has 0 aliphatic carbocycles. The lowest BCUT2D eigenvalue weighted by Crippen LogP contribution is -2.52. The van der Waals surface area contributed by atoms with Crippen LogP contribution in [0.2, 0.25) is 0 Å². The van der Waals surface area contributed by atoms with Gasteiger partial charge in [0, 0.05) is 5.56 Å². The largest absolute Gasteiger partial charge is 0.484 e. The second-order valence-electron chi connectivity index (χ2n) is 7.62. The number of aliphatic hydroxyl groups is 1. The molecule has 1 aromatic rings. The molecule has 3 unspecified atom stereocenters. The third-order valence-corrected chi connectivity index (χ3v) is 4.98. The van der Waals surface area contributed by atoms with E-state index in [9.17, 15) is 15.2 Å². The molecule has 0 radical (unpaired) electrons. The Morgan fingerprint density at radius 1 is 1.42 bits per heavy atom. The zero-order chi connectivity index (χ0) is 19.5. The fraction of sp³-hybridized carbons (Fsp3) is 0.667. The summed E-state index contributed by atoms with van der Waals surface area (Å²) >= 11 is 0. The number of hydrogen-bond acceptors (Lipinski definition) is 7. The van der Waals surface area contributed by atoms with Gasteiger partial charge >= 0.3 is 0 Å². The summed E-state index contributed by atoms with van der Waals surface area (Å²) in [6.07, 6.45) is 2.25. The molecule has 0 fully saturated rings. The average Bonchev–Trinajstić information content (AvgIpc) is 2.57. The van der Waals surface area contributed by atoms with Crippen molar-refractivity contribution in [3.63, 3.8) is 0 Å². The Labute approximate surface area is 154 Å². The summed E-state index contributed by atoms with van der Waals surface area (Å²) in [5, 5.41) is 25.2. The van der Waals surface area contributed by atoms with Gasteiger partial charge in [-0.15, -0.1) is 0 Å². The van der Waals surface area contributed by atoms with Gasteiger partial charge in [0.2, 0.25) is 0 Å². The molecule has 146 valence electrons. The standard InChI is InChI=1S/C18H30N4O4/c1-11(10-19)6-4-5-7-21-16-12-8-13(20)14(22(24)25)9-15(12)26-18(2,3)17(16)23/h8-9,11,16-17,21,23H,4-7,10,19-20H2,1-3H3. The van der Waals surface area contributed by atoms with Gasteiger partial charge in [0.15, 0.2) is 0 Å². The molecular weight excluding hydrogens is 336 g/mol. The smallest absolute Gasteiger partial charge is 0.295 e. The lowest BCUT2D eigenvalue weighted by molar-refractivity contribution is -0.384. The molecule has 26 heavy (non-hydrogen) atoms. The van der Waals surface area contributed by atoms with Gasteiger partial charge in [0.25, 0.3) is 5.69 Å². The molecule has 1 aliphatic rings. The number of aliphatic hydroxyl groups excluding tert-OH is 1. The molecule has 0 spiro atoms. The van der Waals surface area contributed by atoms with Gasteiger partial charge in [-0.3, -0.25) is 10.1 Å². The molecule has 0 amide bonds. The number of nitrogen functional groups attached to an aromatic ring is 1. The summed E-state index contributed by atoms with van der Waals surface area (Å²) in [5.74, 6) is 0.888. The number of nitro benzene ring substituents is 1. The molecule has 8 heteroatoms. The van der Waals surface area contributed by atoms with E-state index in [4.69, 9.17) is 16.2 Å². The molecule has 2 rings (SSSR count). The third kappa shape index (κ3) is 4.44. The fourth-order valence-electron chi connectivity index (χ4n) is 3.22. The Bertz CT molecular complexity index is 650. The minimum absolute atomic E-state index is 0.0628. The van der Waals surface area contributed by atoms with Crippen LogP contribution < -0.4 is 21.5 Å². The van der Waals surface area contributed by atoms with Crippen LogP contribution in [-0.2, 0) is 0 Å². The van der Waals surface area contributed by atoms with Crippen molar-refractivity contribution in [3.8, 4) is 5.75 Å². The first-order valence-corrected chi connectivity index (χ1v) is 9.05. The number of ether oxygens (including phenoxy) is 1. The Balaban J connectivity index is 2.15. The maximum Gasteiger partial charge on any atom is 0.295 e. The van der Waals surface area contributed by atoms with Crippen LogP contribution >= 0.6 is 0 Å². The Kier molecular flexibility index (Phi) is 6.44. The summed E-state index contributed by atoms with van der Waals surface area (Å²) in [7, 11) is 0. The van der Waals surface area contributed by atoms with Crippen molar-refractivity contribution in [1.82, 2.24) is 5.32 Å². The van der Waals surface area contributed by atoms with E-state index in [1.807, 2.05) is 0 Å². The van der Waals surface area contributed by atoms with Gasteiger partial charge in [-0.2, -0.15) is 0 Å². The third-order valence-electron chi connectivity index (χ3n) is 4.98. The van der Waals surface area contributed by atoms with E-state index in [-0.39, 0.29) is 11.4 Å². The number of fused-ring (bicyclic) bond motifs is 1. The molecule has 1 aliphatic heterocycles. The monoisotopic (exact) mass is 366 g/mol. The van der Waals surface area contributed by atoms with Crippen LogP contribution in [0.4, 0.5) is 11.4 Å². The second-order valence-corrected chi connectivity index (χ2v) is 7.62. The Hall–Kier alpha value is -1.90. The van der Waals surface area contributed by atoms with Crippen LogP contribution in [0.15, 0.2) is 12.1 Å². The van der Waals surface area contributed by atoms with E-state index in [0.29, 0.717) is 30.3 Å². The predicted molar refractivity (Wildman–Crippen MR) is 101 cm³/mol. The van der Waals surface area contributed by atoms with Crippen molar-refractivity contribution >= 4 is 11.4 Å². The lowest BCUT2D eigenvalue weighted by Gasteiger charge is -2.42. The normalized spacial score (nSPS) is 22.3. The first kappa shape index (κ1) is 20.4. The van der Waals surface area contributed by atoms with Crippen LogP contribution in [-0.4, -0.2) is 34.8 Å². The van der Waals surface area contributed by atoms with E-state index in [2.05, 4.69) is 12.2 Å². The highest BCUT2D eigenvalue weighted by Crippen LogP contribution is 2.43. The van der Waals surface area contributed by atoms with Gasteiger partial charge in [-0.25, -0.2) is 0 Å². The Morgan fingerprint density at radius 3 is 2.73 bits per heavy atom. The minimum atomic E-state index is -0.872. The second kappa shape index (κ2) is 8.20. The summed E-state index contributed by atoms with van der Waals surface area (Å²) in [4.78, 5) is 10.6. The SMILES string of the molecule is CC(CN)CCCCNC1c2cc(N)c([N+](=O)[O-])cc2OC(C)(C)C1O. The highest BCUT2D eigenvalue weighted by atomic mass is 16.6. The summed E-state index contributed by atoms with van der Waals surface area (Å²) in [5.41, 5.74) is 11.1. The van der Waals surface area contributed by atoms with Crippen molar-refractivity contribution in [2.24, 2.45) is 11.7 Å². The summed E-state index contributed by atoms with van der Waals surface area (Å²) in [6, 6.07) is 2.47. The molecule has 6 N–H and O–H groups in total. The zero-order valence-electron chi connectivity index (χ0n) is 15.7. The highest BCUT2D eigenvalue weighted by molar-refractivity contribution is 5.65. The summed E-state index contributed by atoms with van der Waals surface area (Å²) in [6.45, 7) is 7.06. The minimum Gasteiger partial charge on any atom is -0.484 e. The predicted octanol–water partition coefficient (Wildman–Crippen LogP) is 2.10. The number of rotatable bonds is 8. The number of nitrogens with two attached hydrogens (primary N) is 2. The van der Waals surface area contributed by atoms with E-state index < -0.39 is 22.7 Å². The van der Waals surface area contributed by atoms with Crippen LogP contribution in [0.1, 0.15) is 51.6 Å². The van der Waals surface area contributed by atoms with Gasteiger partial charge in [0.05, 0.1) is 17.0 Å². The van der Waals surface area contributed by atoms with Crippen LogP contribution in [0.25, 0.3) is 0 Å². The fourth-order valence-corrected chi connectivity index (χ4v) is 3.22. The van der Waals surface area contributed by atoms with Crippen molar-refractivity contribution in [3.05, 3.63) is 27.8 Å². The van der Waals surface area contributed by atoms with Crippen LogP contribution in [0.5, 0.6) is 5.75 Å². The molecular formula is C18H30N4O4. The number of unbranched alkanes of at least 4 members (excludes halogenated alkanes) is 1. The maximum atomic E-state index is 11.1. The molecule has 8 nitrogen and oxygen atoms in total. The lowest BCUT2D eigenvalue weighted by atomic mass is 9.86. The number of nitrogens with zero attached hydrogens (tertiary/aromatic N) is 1. The molecule has 1 heterocycles. The number of benzene rings is 1. The Morgan fingerprint density at radius 2 is 2.12 bits per heavy atom. The number of nitrogens with one attached hydrogen (secondary N) is 1. The van der Waals surface area contributed by atoms with E-state index >= 15 is 0 Å². The number of hydrogen-bond donors (Lipinski definition) is 4. The van der Waals surface area contributed by atoms with Crippen LogP contribution in [0.3, 0.4) is 0 Å². The average molecular weight is 366 g/mol. The first-order chi connectivity index (χ1) is 12.2. The molecule has 0 saturated heterocycles. The van der Waals surface area contributed by atoms with Crippen molar-refractivity contribution < 1.29 is 14.8 Å². The summed E-state index contributed by atoms with van der Waals surface area (Å²) < 4.78 is 5.82.